The lowest BCUT2D eigenvalue weighted by Crippen LogP contribution is -2.61. The third-order valence-corrected chi connectivity index (χ3v) is 10.4. The van der Waals surface area contributed by atoms with Gasteiger partial charge in [0.2, 0.25) is 5.91 Å². The number of sulfonamides is 1. The van der Waals surface area contributed by atoms with Crippen molar-refractivity contribution in [2.24, 2.45) is 0 Å². The zero-order valence-electron chi connectivity index (χ0n) is 22.1. The maximum Gasteiger partial charge on any atom is 0.339 e. The van der Waals surface area contributed by atoms with Crippen LogP contribution in [0.5, 0.6) is 0 Å². The summed E-state index contributed by atoms with van der Waals surface area (Å²) in [7, 11) is -4.04. The van der Waals surface area contributed by atoms with Crippen LogP contribution >= 0.6 is 22.9 Å². The van der Waals surface area contributed by atoms with Crippen molar-refractivity contribution in [2.75, 3.05) is 31.1 Å². The summed E-state index contributed by atoms with van der Waals surface area (Å²) in [6, 6.07) is 11.4. The van der Waals surface area contributed by atoms with E-state index in [1.807, 2.05) is 37.3 Å². The number of carbonyl (C=O) groups is 2. The van der Waals surface area contributed by atoms with Crippen molar-refractivity contribution >= 4 is 61.7 Å². The van der Waals surface area contributed by atoms with Gasteiger partial charge in [-0.25, -0.2) is 23.2 Å². The molecule has 1 aromatic carbocycles. The number of rotatable bonds is 9. The molecule has 41 heavy (non-hydrogen) atoms. The van der Waals surface area contributed by atoms with Crippen LogP contribution < -0.4 is 4.90 Å². The van der Waals surface area contributed by atoms with Crippen molar-refractivity contribution in [3.8, 4) is 0 Å². The number of amides is 1. The molecule has 5 rings (SSSR count). The van der Waals surface area contributed by atoms with E-state index in [4.69, 9.17) is 11.6 Å². The van der Waals surface area contributed by atoms with E-state index in [0.29, 0.717) is 35.2 Å². The average molecular weight is 615 g/mol. The molecule has 11 nitrogen and oxygen atoms in total. The van der Waals surface area contributed by atoms with Gasteiger partial charge in [0.25, 0.3) is 10.0 Å². The number of fused-ring (bicyclic) bond motifs is 1. The number of hydrogen-bond acceptors (Lipinski definition) is 9. The van der Waals surface area contributed by atoms with Gasteiger partial charge in [-0.05, 0) is 24.1 Å². The van der Waals surface area contributed by atoms with Gasteiger partial charge in [-0.1, -0.05) is 48.9 Å². The standard InChI is InChI=1S/C27H27ClN6O5S2/c1-2-10-33(16-18-6-4-3-5-7-18)26(35)21-17-32(11-12-34(21)41(38,39)24-9-8-22(28)40-24)23-15-30-20-14-29-13-19(27(36)37)25(20)31-23/h3-9,13-15,21H,2,10-12,16-17H2,1H3,(H,36,37). The van der Waals surface area contributed by atoms with E-state index in [1.165, 1.54) is 35.0 Å². The molecule has 14 heteroatoms. The van der Waals surface area contributed by atoms with Crippen LogP contribution in [0.15, 0.2) is 65.3 Å². The Morgan fingerprint density at radius 1 is 1.12 bits per heavy atom. The Kier molecular flexibility index (Phi) is 8.50. The Balaban J connectivity index is 1.52. The highest BCUT2D eigenvalue weighted by molar-refractivity contribution is 7.91. The highest BCUT2D eigenvalue weighted by Gasteiger charge is 2.42. The second-order valence-corrected chi connectivity index (χ2v) is 13.3. The predicted octanol–water partition coefficient (Wildman–Crippen LogP) is 3.76. The molecule has 4 aromatic rings. The molecule has 1 aliphatic rings. The van der Waals surface area contributed by atoms with Crippen LogP contribution in [0.1, 0.15) is 29.3 Å². The van der Waals surface area contributed by atoms with Gasteiger partial charge in [0.05, 0.1) is 16.7 Å². The van der Waals surface area contributed by atoms with Gasteiger partial charge in [-0.3, -0.25) is 9.78 Å². The molecule has 1 amide bonds. The number of aromatic nitrogens is 3. The lowest BCUT2D eigenvalue weighted by molar-refractivity contribution is -0.136. The number of aromatic carboxylic acids is 1. The molecule has 214 valence electrons. The van der Waals surface area contributed by atoms with Crippen LogP contribution in [0, 0.1) is 0 Å². The van der Waals surface area contributed by atoms with E-state index < -0.39 is 22.0 Å². The van der Waals surface area contributed by atoms with Crippen molar-refractivity contribution in [1.29, 1.82) is 0 Å². The summed E-state index contributed by atoms with van der Waals surface area (Å²) in [5, 5.41) is 9.61. The minimum Gasteiger partial charge on any atom is -0.478 e. The molecule has 0 saturated carbocycles. The van der Waals surface area contributed by atoms with Crippen LogP contribution in [0.3, 0.4) is 0 Å². The van der Waals surface area contributed by atoms with Crippen molar-refractivity contribution < 1.29 is 23.1 Å². The number of piperazine rings is 1. The highest BCUT2D eigenvalue weighted by Crippen LogP contribution is 2.32. The number of anilines is 1. The highest BCUT2D eigenvalue weighted by atomic mass is 35.5. The first-order valence-electron chi connectivity index (χ1n) is 12.9. The average Bonchev–Trinajstić information content (AvgIpc) is 3.43. The topological polar surface area (TPSA) is 137 Å². The number of hydrogen-bond donors (Lipinski definition) is 1. The fraction of sp³-hybridized carbons (Fsp3) is 0.296. The van der Waals surface area contributed by atoms with Crippen molar-refractivity contribution in [2.45, 2.75) is 30.1 Å². The van der Waals surface area contributed by atoms with Gasteiger partial charge in [0, 0.05) is 38.9 Å². The summed E-state index contributed by atoms with van der Waals surface area (Å²) < 4.78 is 29.2. The van der Waals surface area contributed by atoms with E-state index in [1.54, 1.807) is 9.80 Å². The van der Waals surface area contributed by atoms with Crippen LogP contribution in [0.2, 0.25) is 4.34 Å². The minimum atomic E-state index is -4.04. The van der Waals surface area contributed by atoms with Gasteiger partial charge in [0.15, 0.2) is 0 Å². The van der Waals surface area contributed by atoms with Gasteiger partial charge in [0.1, 0.15) is 32.7 Å². The molecular weight excluding hydrogens is 588 g/mol. The predicted molar refractivity (Wildman–Crippen MR) is 156 cm³/mol. The molecule has 1 unspecified atom stereocenters. The molecule has 0 spiro atoms. The fourth-order valence-corrected chi connectivity index (χ4v) is 7.98. The zero-order valence-corrected chi connectivity index (χ0v) is 24.4. The number of nitrogens with zero attached hydrogens (tertiary/aromatic N) is 6. The zero-order chi connectivity index (χ0) is 29.1. The third-order valence-electron chi connectivity index (χ3n) is 6.75. The third kappa shape index (κ3) is 6.03. The maximum atomic E-state index is 14.2. The molecule has 3 aromatic heterocycles. The van der Waals surface area contributed by atoms with E-state index in [0.717, 1.165) is 16.9 Å². The van der Waals surface area contributed by atoms with E-state index >= 15 is 0 Å². The van der Waals surface area contributed by atoms with Crippen LogP contribution in [-0.4, -0.2) is 81.8 Å². The number of carboxylic acids is 1. The van der Waals surface area contributed by atoms with E-state index in [2.05, 4.69) is 15.0 Å². The quantitative estimate of drug-likeness (QED) is 0.299. The monoisotopic (exact) mass is 614 g/mol. The summed E-state index contributed by atoms with van der Waals surface area (Å²) in [4.78, 5) is 42.2. The summed E-state index contributed by atoms with van der Waals surface area (Å²) in [5.74, 6) is -1.19. The number of thiophene rings is 1. The Bertz CT molecular complexity index is 1680. The van der Waals surface area contributed by atoms with Gasteiger partial charge in [-0.2, -0.15) is 4.31 Å². The van der Waals surface area contributed by atoms with Gasteiger partial charge in [-0.15, -0.1) is 11.3 Å². The molecule has 4 heterocycles. The molecular formula is C27H27ClN6O5S2. The fourth-order valence-electron chi connectivity index (χ4n) is 4.80. The summed E-state index contributed by atoms with van der Waals surface area (Å²) >= 11 is 7.00. The number of halogens is 1. The largest absolute Gasteiger partial charge is 0.478 e. The van der Waals surface area contributed by atoms with E-state index in [-0.39, 0.29) is 40.8 Å². The molecule has 1 fully saturated rings. The SMILES string of the molecule is CCCN(Cc1ccccc1)C(=O)C1CN(c2cnc3cncc(C(=O)O)c3n2)CCN1S(=O)(=O)c1ccc(Cl)s1. The smallest absolute Gasteiger partial charge is 0.339 e. The number of pyridine rings is 1. The second kappa shape index (κ2) is 12.1. The first kappa shape index (κ1) is 28.9. The number of carboxylic acid groups (broad SMARTS) is 1. The summed E-state index contributed by atoms with van der Waals surface area (Å²) in [6.07, 6.45) is 4.80. The normalized spacial score (nSPS) is 16.1. The summed E-state index contributed by atoms with van der Waals surface area (Å²) in [5.41, 5.74) is 1.30. The molecule has 0 radical (unpaired) electrons. The Morgan fingerprint density at radius 3 is 2.59 bits per heavy atom. The van der Waals surface area contributed by atoms with Crippen molar-refractivity contribution in [3.63, 3.8) is 0 Å². The van der Waals surface area contributed by atoms with Crippen molar-refractivity contribution in [1.82, 2.24) is 24.2 Å². The van der Waals surface area contributed by atoms with Crippen LogP contribution in [0.25, 0.3) is 11.0 Å². The minimum absolute atomic E-state index is 0.000149. The molecule has 1 N–H and O–H groups in total. The maximum absolute atomic E-state index is 14.2. The van der Waals surface area contributed by atoms with Gasteiger partial charge >= 0.3 is 5.97 Å². The Labute approximate surface area is 246 Å². The number of carbonyl (C=O) groups excluding carboxylic acids is 1. The van der Waals surface area contributed by atoms with Gasteiger partial charge < -0.3 is 14.9 Å². The Hall–Kier alpha value is -3.65. The molecule has 0 aliphatic carbocycles. The van der Waals surface area contributed by atoms with Crippen LogP contribution in [0.4, 0.5) is 5.82 Å². The summed E-state index contributed by atoms with van der Waals surface area (Å²) in [6.45, 7) is 2.94. The Morgan fingerprint density at radius 2 is 1.90 bits per heavy atom. The lowest BCUT2D eigenvalue weighted by Gasteiger charge is -2.41. The second-order valence-electron chi connectivity index (χ2n) is 9.47. The molecule has 1 saturated heterocycles. The van der Waals surface area contributed by atoms with E-state index in [9.17, 15) is 23.1 Å². The lowest BCUT2D eigenvalue weighted by atomic mass is 10.1. The first-order valence-corrected chi connectivity index (χ1v) is 15.5. The van der Waals surface area contributed by atoms with Crippen LogP contribution in [-0.2, 0) is 21.4 Å². The molecule has 1 atom stereocenters. The molecule has 1 aliphatic heterocycles. The van der Waals surface area contributed by atoms with Crippen molar-refractivity contribution in [3.05, 3.63) is 76.5 Å². The molecule has 0 bridgehead atoms. The number of benzene rings is 1. The first-order chi connectivity index (χ1) is 19.7.